The number of rotatable bonds is 6. The Balaban J connectivity index is 2.77. The normalized spacial score (nSPS) is 13.4. The van der Waals surface area contributed by atoms with Gasteiger partial charge in [0, 0.05) is 19.1 Å². The highest BCUT2D eigenvalue weighted by molar-refractivity contribution is 9.10. The van der Waals surface area contributed by atoms with E-state index >= 15 is 0 Å². The second-order valence-electron chi connectivity index (χ2n) is 5.80. The Morgan fingerprint density at radius 2 is 1.87 bits per heavy atom. The molecule has 0 saturated heterocycles. The Morgan fingerprint density at radius 1 is 1.26 bits per heavy atom. The molecule has 0 aliphatic carbocycles. The summed E-state index contributed by atoms with van der Waals surface area (Å²) < 4.78 is 6.30. The molecule has 0 radical (unpaired) electrons. The number of hydrogen-bond acceptors (Lipinski definition) is 3. The lowest BCUT2D eigenvalue weighted by atomic mass is 10.0. The van der Waals surface area contributed by atoms with Crippen LogP contribution >= 0.6 is 27.5 Å². The standard InChI is InChI=1S/C16H22BrClN2O3/c1-9(2)14(16(22)20(4)5)19-15(21)10(3)23-13-7-6-11(18)8-12(13)17/h6-10,14H,1-5H3,(H,19,21)/t10-,14-/m1/s1. The molecule has 0 heterocycles. The van der Waals surface area contributed by atoms with Gasteiger partial charge in [0.1, 0.15) is 11.8 Å². The minimum absolute atomic E-state index is 0.0247. The van der Waals surface area contributed by atoms with E-state index in [0.29, 0.717) is 15.2 Å². The number of carbonyl (C=O) groups excluding carboxylic acids is 2. The van der Waals surface area contributed by atoms with Crippen LogP contribution in [0.15, 0.2) is 22.7 Å². The highest BCUT2D eigenvalue weighted by atomic mass is 79.9. The Bertz CT molecular complexity index is 578. The van der Waals surface area contributed by atoms with Gasteiger partial charge in [0.25, 0.3) is 5.91 Å². The molecule has 2 atom stereocenters. The summed E-state index contributed by atoms with van der Waals surface area (Å²) in [6, 6.07) is 4.46. The maximum atomic E-state index is 12.3. The molecule has 0 saturated carbocycles. The van der Waals surface area contributed by atoms with Crippen LogP contribution in [0.2, 0.25) is 5.02 Å². The molecule has 128 valence electrons. The third kappa shape index (κ3) is 5.70. The second-order valence-corrected chi connectivity index (χ2v) is 7.09. The summed E-state index contributed by atoms with van der Waals surface area (Å²) in [6.07, 6.45) is -0.747. The van der Waals surface area contributed by atoms with Gasteiger partial charge >= 0.3 is 0 Å². The van der Waals surface area contributed by atoms with Crippen molar-refractivity contribution in [2.75, 3.05) is 14.1 Å². The van der Waals surface area contributed by atoms with Crippen LogP contribution in [0.4, 0.5) is 0 Å². The molecule has 0 aliphatic heterocycles. The number of amides is 2. The van der Waals surface area contributed by atoms with Gasteiger partial charge in [0.15, 0.2) is 6.10 Å². The fraction of sp³-hybridized carbons (Fsp3) is 0.500. The van der Waals surface area contributed by atoms with Crippen LogP contribution in [0.5, 0.6) is 5.75 Å². The van der Waals surface area contributed by atoms with Gasteiger partial charge in [-0.25, -0.2) is 0 Å². The minimum Gasteiger partial charge on any atom is -0.480 e. The minimum atomic E-state index is -0.747. The summed E-state index contributed by atoms with van der Waals surface area (Å²) in [7, 11) is 3.32. The van der Waals surface area contributed by atoms with E-state index in [0.717, 1.165) is 0 Å². The predicted octanol–water partition coefficient (Wildman–Crippen LogP) is 3.10. The van der Waals surface area contributed by atoms with Gasteiger partial charge < -0.3 is 15.0 Å². The van der Waals surface area contributed by atoms with Crippen molar-refractivity contribution < 1.29 is 14.3 Å². The van der Waals surface area contributed by atoms with Crippen molar-refractivity contribution in [2.24, 2.45) is 5.92 Å². The van der Waals surface area contributed by atoms with Crippen LogP contribution < -0.4 is 10.1 Å². The number of hydrogen-bond donors (Lipinski definition) is 1. The largest absolute Gasteiger partial charge is 0.480 e. The molecule has 2 amide bonds. The Kier molecular flexibility index (Phi) is 7.35. The first-order valence-corrected chi connectivity index (χ1v) is 8.43. The third-order valence-corrected chi connectivity index (χ3v) is 4.09. The number of nitrogens with zero attached hydrogens (tertiary/aromatic N) is 1. The highest BCUT2D eigenvalue weighted by Gasteiger charge is 2.28. The fourth-order valence-electron chi connectivity index (χ4n) is 1.88. The molecule has 1 rings (SSSR count). The average molecular weight is 406 g/mol. The molecular formula is C16H22BrClN2O3. The summed E-state index contributed by atoms with van der Waals surface area (Å²) in [4.78, 5) is 25.9. The number of carbonyl (C=O) groups is 2. The van der Waals surface area contributed by atoms with Crippen molar-refractivity contribution in [1.29, 1.82) is 0 Å². The number of benzene rings is 1. The molecule has 0 unspecified atom stereocenters. The topological polar surface area (TPSA) is 58.6 Å². The van der Waals surface area contributed by atoms with Gasteiger partial charge in [0.2, 0.25) is 5.91 Å². The Hall–Kier alpha value is -1.27. The first-order chi connectivity index (χ1) is 10.6. The number of ether oxygens (including phenoxy) is 1. The zero-order chi connectivity index (χ0) is 17.7. The maximum absolute atomic E-state index is 12.3. The van der Waals surface area contributed by atoms with E-state index in [1.807, 2.05) is 13.8 Å². The fourth-order valence-corrected chi connectivity index (χ4v) is 2.65. The predicted molar refractivity (Wildman–Crippen MR) is 94.7 cm³/mol. The van der Waals surface area contributed by atoms with Gasteiger partial charge in [-0.15, -0.1) is 0 Å². The SMILES string of the molecule is CC(C)[C@@H](NC(=O)[C@@H](C)Oc1ccc(Cl)cc1Br)C(=O)N(C)C. The first-order valence-electron chi connectivity index (χ1n) is 7.26. The van der Waals surface area contributed by atoms with Gasteiger partial charge in [-0.05, 0) is 47.0 Å². The van der Waals surface area contributed by atoms with Crippen LogP contribution in [-0.2, 0) is 9.59 Å². The average Bonchev–Trinajstić information content (AvgIpc) is 2.46. The molecular weight excluding hydrogens is 384 g/mol. The van der Waals surface area contributed by atoms with Crippen LogP contribution in [0.1, 0.15) is 20.8 Å². The Morgan fingerprint density at radius 3 is 2.35 bits per heavy atom. The lowest BCUT2D eigenvalue weighted by Crippen LogP contribution is -2.52. The smallest absolute Gasteiger partial charge is 0.261 e. The molecule has 1 N–H and O–H groups in total. The highest BCUT2D eigenvalue weighted by Crippen LogP contribution is 2.28. The summed E-state index contributed by atoms with van der Waals surface area (Å²) in [6.45, 7) is 5.40. The van der Waals surface area contributed by atoms with Crippen molar-refractivity contribution in [2.45, 2.75) is 32.9 Å². The molecule has 0 aliphatic rings. The van der Waals surface area contributed by atoms with Gasteiger partial charge in [-0.3, -0.25) is 9.59 Å². The van der Waals surface area contributed by atoms with E-state index in [4.69, 9.17) is 16.3 Å². The lowest BCUT2D eigenvalue weighted by Gasteiger charge is -2.26. The molecule has 1 aromatic rings. The molecule has 23 heavy (non-hydrogen) atoms. The third-order valence-electron chi connectivity index (χ3n) is 3.24. The van der Waals surface area contributed by atoms with Crippen LogP contribution in [0.25, 0.3) is 0 Å². The van der Waals surface area contributed by atoms with E-state index in [2.05, 4.69) is 21.2 Å². The number of halogens is 2. The van der Waals surface area contributed by atoms with Gasteiger partial charge in [0.05, 0.1) is 4.47 Å². The van der Waals surface area contributed by atoms with Gasteiger partial charge in [-0.2, -0.15) is 0 Å². The first kappa shape index (κ1) is 19.8. The summed E-state index contributed by atoms with van der Waals surface area (Å²) in [5.41, 5.74) is 0. The van der Waals surface area contributed by atoms with Gasteiger partial charge in [-0.1, -0.05) is 25.4 Å². The summed E-state index contributed by atoms with van der Waals surface area (Å²) in [5, 5.41) is 3.32. The van der Waals surface area contributed by atoms with Crippen LogP contribution in [0.3, 0.4) is 0 Å². The molecule has 0 spiro atoms. The summed E-state index contributed by atoms with van der Waals surface area (Å²) >= 11 is 9.22. The van der Waals surface area contributed by atoms with Crippen molar-refractivity contribution in [1.82, 2.24) is 10.2 Å². The zero-order valence-corrected chi connectivity index (χ0v) is 16.2. The maximum Gasteiger partial charge on any atom is 0.261 e. The molecule has 7 heteroatoms. The molecule has 0 fully saturated rings. The van der Waals surface area contributed by atoms with E-state index in [-0.39, 0.29) is 17.7 Å². The molecule has 1 aromatic carbocycles. The van der Waals surface area contributed by atoms with Crippen molar-refractivity contribution in [3.8, 4) is 5.75 Å². The Labute approximate surface area is 150 Å². The van der Waals surface area contributed by atoms with Crippen molar-refractivity contribution in [3.63, 3.8) is 0 Å². The second kappa shape index (κ2) is 8.55. The van der Waals surface area contributed by atoms with Crippen LogP contribution in [-0.4, -0.2) is 43.0 Å². The number of nitrogens with one attached hydrogen (secondary N) is 1. The monoisotopic (exact) mass is 404 g/mol. The quantitative estimate of drug-likeness (QED) is 0.791. The van der Waals surface area contributed by atoms with E-state index in [1.54, 1.807) is 39.2 Å². The number of likely N-dealkylation sites (N-methyl/N-ethyl adjacent to an activating group) is 1. The van der Waals surface area contributed by atoms with E-state index in [1.165, 1.54) is 4.90 Å². The van der Waals surface area contributed by atoms with Crippen molar-refractivity contribution in [3.05, 3.63) is 27.7 Å². The summed E-state index contributed by atoms with van der Waals surface area (Å²) in [5.74, 6) is -0.00521. The lowest BCUT2D eigenvalue weighted by molar-refractivity contribution is -0.137. The zero-order valence-electron chi connectivity index (χ0n) is 13.9. The van der Waals surface area contributed by atoms with Crippen molar-refractivity contribution >= 4 is 39.3 Å². The molecule has 0 aromatic heterocycles. The van der Waals surface area contributed by atoms with Crippen LogP contribution in [0, 0.1) is 5.92 Å². The molecule has 0 bridgehead atoms. The van der Waals surface area contributed by atoms with E-state index < -0.39 is 12.1 Å². The molecule has 5 nitrogen and oxygen atoms in total. The van der Waals surface area contributed by atoms with E-state index in [9.17, 15) is 9.59 Å².